The van der Waals surface area contributed by atoms with Crippen LogP contribution >= 0.6 is 0 Å². The molecule has 0 saturated heterocycles. The molecule has 0 fully saturated rings. The van der Waals surface area contributed by atoms with Crippen LogP contribution < -0.4 is 0 Å². The van der Waals surface area contributed by atoms with Gasteiger partial charge in [-0.05, 0) is 6.42 Å². The van der Waals surface area contributed by atoms with Gasteiger partial charge >= 0.3 is 0 Å². The van der Waals surface area contributed by atoms with E-state index in [0.717, 1.165) is 26.6 Å². The molecule has 0 aromatic rings. The second-order valence-electron chi connectivity index (χ2n) is 2.12. The van der Waals surface area contributed by atoms with E-state index in [2.05, 4.69) is 6.92 Å². The van der Waals surface area contributed by atoms with Gasteiger partial charge in [-0.25, -0.2) is 0 Å². The molecule has 0 heterocycles. The minimum absolute atomic E-state index is 0.708. The van der Waals surface area contributed by atoms with Crippen LogP contribution in [-0.4, -0.2) is 38.0 Å². The molecule has 0 rings (SSSR count). The highest BCUT2D eigenvalue weighted by Crippen LogP contribution is 1.78. The van der Waals surface area contributed by atoms with Gasteiger partial charge in [0.25, 0.3) is 5.97 Å². The molecular weight excluding hydrogens is 160 g/mol. The Kier molecular flexibility index (Phi) is 15.1. The first-order valence-corrected chi connectivity index (χ1v) is 3.91. The molecule has 0 amide bonds. The smallest absolute Gasteiger partial charge is 0.300 e. The summed E-state index contributed by atoms with van der Waals surface area (Å²) in [5.41, 5.74) is 0. The fourth-order valence-electron chi connectivity index (χ4n) is 0.389. The van der Waals surface area contributed by atoms with Crippen LogP contribution in [0.15, 0.2) is 0 Å². The van der Waals surface area contributed by atoms with E-state index in [4.69, 9.17) is 19.4 Å². The molecule has 4 nitrogen and oxygen atoms in total. The summed E-state index contributed by atoms with van der Waals surface area (Å²) < 4.78 is 9.86. The topological polar surface area (TPSA) is 55.8 Å². The van der Waals surface area contributed by atoms with E-state index in [1.807, 2.05) is 0 Å². The summed E-state index contributed by atoms with van der Waals surface area (Å²) in [4.78, 5) is 9.00. The highest BCUT2D eigenvalue weighted by Gasteiger charge is 1.81. The van der Waals surface area contributed by atoms with Crippen molar-refractivity contribution in [2.24, 2.45) is 0 Å². The molecule has 0 atom stereocenters. The van der Waals surface area contributed by atoms with Crippen molar-refractivity contribution in [3.8, 4) is 0 Å². The van der Waals surface area contributed by atoms with E-state index in [1.54, 1.807) is 7.11 Å². The number of ether oxygens (including phenoxy) is 2. The largest absolute Gasteiger partial charge is 0.481 e. The van der Waals surface area contributed by atoms with Gasteiger partial charge in [0, 0.05) is 20.6 Å². The highest BCUT2D eigenvalue weighted by molar-refractivity contribution is 5.62. The zero-order valence-electron chi connectivity index (χ0n) is 8.00. The number of methoxy groups -OCH3 is 1. The van der Waals surface area contributed by atoms with Crippen LogP contribution in [0.3, 0.4) is 0 Å². The van der Waals surface area contributed by atoms with Gasteiger partial charge in [-0.2, -0.15) is 0 Å². The average molecular weight is 178 g/mol. The molecule has 0 radical (unpaired) electrons. The summed E-state index contributed by atoms with van der Waals surface area (Å²) in [6.45, 7) is 5.46. The molecule has 4 heteroatoms. The fraction of sp³-hybridized carbons (Fsp3) is 0.875. The van der Waals surface area contributed by atoms with Crippen LogP contribution in [0.4, 0.5) is 0 Å². The molecule has 74 valence electrons. The molecule has 0 aliphatic heterocycles. The number of aliphatic carboxylic acids is 1. The van der Waals surface area contributed by atoms with Crippen LogP contribution in [0.25, 0.3) is 0 Å². The molecule has 12 heavy (non-hydrogen) atoms. The molecule has 0 aromatic carbocycles. The molecule has 0 unspecified atom stereocenters. The summed E-state index contributed by atoms with van der Waals surface area (Å²) in [6.07, 6.45) is 1.09. The fourth-order valence-corrected chi connectivity index (χ4v) is 0.389. The Balaban J connectivity index is 0. The molecule has 0 aliphatic carbocycles. The molecule has 0 bridgehead atoms. The number of carboxylic acid groups (broad SMARTS) is 1. The number of rotatable bonds is 5. The Morgan fingerprint density at radius 1 is 1.33 bits per heavy atom. The summed E-state index contributed by atoms with van der Waals surface area (Å²) in [6, 6.07) is 0. The SMILES string of the molecule is CC(=O)O.CCCOCCOC. The monoisotopic (exact) mass is 178 g/mol. The highest BCUT2D eigenvalue weighted by atomic mass is 16.5. The molecule has 0 saturated carbocycles. The standard InChI is InChI=1S/C6H14O2.C2H4O2/c1-3-4-8-6-5-7-2;1-2(3)4/h3-6H2,1-2H3;1H3,(H,3,4). The Labute approximate surface area is 73.5 Å². The van der Waals surface area contributed by atoms with Crippen molar-refractivity contribution < 1.29 is 19.4 Å². The number of hydrogen-bond acceptors (Lipinski definition) is 3. The maximum atomic E-state index is 9.00. The number of carboxylic acids is 1. The Bertz CT molecular complexity index is 83.1. The van der Waals surface area contributed by atoms with E-state index >= 15 is 0 Å². The predicted octanol–water partition coefficient (Wildman–Crippen LogP) is 1.15. The van der Waals surface area contributed by atoms with Crippen molar-refractivity contribution in [2.75, 3.05) is 26.9 Å². The predicted molar refractivity (Wildman–Crippen MR) is 46.3 cm³/mol. The normalized spacial score (nSPS) is 8.58. The van der Waals surface area contributed by atoms with Gasteiger partial charge in [-0.15, -0.1) is 0 Å². The molecule has 0 spiro atoms. The zero-order valence-corrected chi connectivity index (χ0v) is 8.00. The van der Waals surface area contributed by atoms with Crippen molar-refractivity contribution in [3.05, 3.63) is 0 Å². The van der Waals surface area contributed by atoms with E-state index in [0.29, 0.717) is 6.61 Å². The van der Waals surface area contributed by atoms with Crippen LogP contribution in [-0.2, 0) is 14.3 Å². The van der Waals surface area contributed by atoms with E-state index in [-0.39, 0.29) is 0 Å². The maximum Gasteiger partial charge on any atom is 0.300 e. The first-order valence-electron chi connectivity index (χ1n) is 3.91. The van der Waals surface area contributed by atoms with Crippen LogP contribution in [0.5, 0.6) is 0 Å². The van der Waals surface area contributed by atoms with Gasteiger partial charge in [0.15, 0.2) is 0 Å². The third-order valence-corrected chi connectivity index (χ3v) is 0.780. The zero-order chi connectivity index (χ0) is 9.82. The van der Waals surface area contributed by atoms with Gasteiger partial charge in [0.2, 0.25) is 0 Å². The van der Waals surface area contributed by atoms with Crippen molar-refractivity contribution in [1.82, 2.24) is 0 Å². The molecule has 0 aromatic heterocycles. The lowest BCUT2D eigenvalue weighted by Gasteiger charge is -1.98. The van der Waals surface area contributed by atoms with Crippen molar-refractivity contribution in [3.63, 3.8) is 0 Å². The summed E-state index contributed by atoms with van der Waals surface area (Å²) in [5.74, 6) is -0.833. The summed E-state index contributed by atoms with van der Waals surface area (Å²) >= 11 is 0. The van der Waals surface area contributed by atoms with Gasteiger partial charge in [-0.1, -0.05) is 6.92 Å². The first-order chi connectivity index (χ1) is 5.65. The van der Waals surface area contributed by atoms with Crippen molar-refractivity contribution >= 4 is 5.97 Å². The Morgan fingerprint density at radius 3 is 2.17 bits per heavy atom. The second-order valence-corrected chi connectivity index (χ2v) is 2.12. The van der Waals surface area contributed by atoms with Crippen molar-refractivity contribution in [1.29, 1.82) is 0 Å². The van der Waals surface area contributed by atoms with Crippen molar-refractivity contribution in [2.45, 2.75) is 20.3 Å². The van der Waals surface area contributed by atoms with E-state index in [9.17, 15) is 0 Å². The van der Waals surface area contributed by atoms with E-state index in [1.165, 1.54) is 0 Å². The molecule has 0 aliphatic rings. The summed E-state index contributed by atoms with van der Waals surface area (Å²) in [7, 11) is 1.68. The van der Waals surface area contributed by atoms with Gasteiger partial charge < -0.3 is 14.6 Å². The average Bonchev–Trinajstić information content (AvgIpc) is 1.97. The van der Waals surface area contributed by atoms with Crippen LogP contribution in [0.2, 0.25) is 0 Å². The minimum Gasteiger partial charge on any atom is -0.481 e. The van der Waals surface area contributed by atoms with Crippen LogP contribution in [0, 0.1) is 0 Å². The lowest BCUT2D eigenvalue weighted by molar-refractivity contribution is -0.134. The maximum absolute atomic E-state index is 9.00. The number of hydrogen-bond donors (Lipinski definition) is 1. The van der Waals surface area contributed by atoms with Gasteiger partial charge in [0.1, 0.15) is 0 Å². The third kappa shape index (κ3) is 34.3. The summed E-state index contributed by atoms with van der Waals surface area (Å²) in [5, 5.41) is 7.42. The Morgan fingerprint density at radius 2 is 1.83 bits per heavy atom. The molecule has 1 N–H and O–H groups in total. The molecular formula is C8H18O4. The third-order valence-electron chi connectivity index (χ3n) is 0.780. The number of carbonyl (C=O) groups is 1. The minimum atomic E-state index is -0.833. The Hall–Kier alpha value is -0.610. The lowest BCUT2D eigenvalue weighted by atomic mass is 10.5. The van der Waals surface area contributed by atoms with Gasteiger partial charge in [0.05, 0.1) is 13.2 Å². The lowest BCUT2D eigenvalue weighted by Crippen LogP contribution is -2.01. The second kappa shape index (κ2) is 13.0. The van der Waals surface area contributed by atoms with Gasteiger partial charge in [-0.3, -0.25) is 4.79 Å². The van der Waals surface area contributed by atoms with E-state index < -0.39 is 5.97 Å². The first kappa shape index (κ1) is 13.9. The quantitative estimate of drug-likeness (QED) is 0.641. The van der Waals surface area contributed by atoms with Crippen LogP contribution in [0.1, 0.15) is 20.3 Å².